The molecule has 1 atom stereocenters. The molecule has 0 spiro atoms. The number of carbonyl (C=O) groups is 1. The Bertz CT molecular complexity index is 880. The second kappa shape index (κ2) is 8.36. The van der Waals surface area contributed by atoms with Gasteiger partial charge in [0.25, 0.3) is 0 Å². The average molecular weight is 346 g/mol. The van der Waals surface area contributed by atoms with Crippen molar-refractivity contribution < 1.29 is 4.79 Å². The molecule has 0 radical (unpaired) electrons. The fourth-order valence-electron chi connectivity index (χ4n) is 3.00. The molecule has 0 bridgehead atoms. The number of benzene rings is 1. The summed E-state index contributed by atoms with van der Waals surface area (Å²) < 4.78 is 0. The zero-order valence-corrected chi connectivity index (χ0v) is 14.7. The Morgan fingerprint density at radius 2 is 1.85 bits per heavy atom. The van der Waals surface area contributed by atoms with E-state index in [1.54, 1.807) is 12.4 Å². The number of amides is 1. The summed E-state index contributed by atoms with van der Waals surface area (Å²) >= 11 is 0. The molecule has 0 aliphatic heterocycles. The van der Waals surface area contributed by atoms with Gasteiger partial charge in [-0.05, 0) is 46.9 Å². The second-order valence-corrected chi connectivity index (χ2v) is 6.26. The predicted octanol–water partition coefficient (Wildman–Crippen LogP) is 2.69. The highest BCUT2D eigenvalue weighted by Gasteiger charge is 2.19. The molecule has 1 amide bonds. The van der Waals surface area contributed by atoms with Crippen molar-refractivity contribution in [2.45, 2.75) is 25.9 Å². The Balaban J connectivity index is 1.78. The molecule has 0 saturated carbocycles. The van der Waals surface area contributed by atoms with Crippen LogP contribution in [0.4, 0.5) is 0 Å². The van der Waals surface area contributed by atoms with Crippen molar-refractivity contribution >= 4 is 5.91 Å². The third kappa shape index (κ3) is 4.32. The quantitative estimate of drug-likeness (QED) is 0.689. The van der Waals surface area contributed by atoms with Gasteiger partial charge in [-0.1, -0.05) is 30.3 Å². The SMILES string of the molecule is Cc1ccccc1C(NCc1ccncc1Cc1cccnc1)C(N)=O. The number of aryl methyl sites for hydroxylation is 1. The number of carbonyl (C=O) groups excluding carboxylic acids is 1. The van der Waals surface area contributed by atoms with Gasteiger partial charge in [0.2, 0.25) is 5.91 Å². The maximum absolute atomic E-state index is 12.0. The lowest BCUT2D eigenvalue weighted by molar-refractivity contribution is -0.120. The van der Waals surface area contributed by atoms with E-state index in [0.717, 1.165) is 34.2 Å². The van der Waals surface area contributed by atoms with E-state index in [1.807, 2.05) is 61.8 Å². The smallest absolute Gasteiger partial charge is 0.239 e. The van der Waals surface area contributed by atoms with E-state index in [9.17, 15) is 4.79 Å². The lowest BCUT2D eigenvalue weighted by atomic mass is 9.99. The normalized spacial score (nSPS) is 11.9. The van der Waals surface area contributed by atoms with Crippen molar-refractivity contribution in [2.24, 2.45) is 5.73 Å². The Hall–Kier alpha value is -3.05. The molecule has 132 valence electrons. The maximum atomic E-state index is 12.0. The van der Waals surface area contributed by atoms with Gasteiger partial charge in [0.05, 0.1) is 0 Å². The van der Waals surface area contributed by atoms with Gasteiger partial charge in [-0.3, -0.25) is 20.1 Å². The van der Waals surface area contributed by atoms with Crippen molar-refractivity contribution in [2.75, 3.05) is 0 Å². The molecule has 0 fully saturated rings. The summed E-state index contributed by atoms with van der Waals surface area (Å²) in [6.45, 7) is 2.51. The van der Waals surface area contributed by atoms with Gasteiger partial charge in [0.1, 0.15) is 6.04 Å². The minimum Gasteiger partial charge on any atom is -0.368 e. The van der Waals surface area contributed by atoms with Gasteiger partial charge in [-0.25, -0.2) is 0 Å². The van der Waals surface area contributed by atoms with Crippen LogP contribution in [0.2, 0.25) is 0 Å². The van der Waals surface area contributed by atoms with E-state index in [0.29, 0.717) is 6.54 Å². The molecule has 1 aromatic carbocycles. The van der Waals surface area contributed by atoms with Crippen molar-refractivity contribution in [3.63, 3.8) is 0 Å². The predicted molar refractivity (Wildman–Crippen MR) is 101 cm³/mol. The Morgan fingerprint density at radius 3 is 2.58 bits per heavy atom. The standard InChI is InChI=1S/C21H22N4O/c1-15-5-2-3-7-19(15)20(21(22)26)25-14-17-8-10-24-13-18(17)11-16-6-4-9-23-12-16/h2-10,12-13,20,25H,11,14H2,1H3,(H2,22,26). The molecule has 2 heterocycles. The fraction of sp³-hybridized carbons (Fsp3) is 0.190. The van der Waals surface area contributed by atoms with Crippen molar-refractivity contribution in [3.05, 3.63) is 95.1 Å². The van der Waals surface area contributed by atoms with Crippen molar-refractivity contribution in [1.82, 2.24) is 15.3 Å². The second-order valence-electron chi connectivity index (χ2n) is 6.26. The third-order valence-corrected chi connectivity index (χ3v) is 4.40. The molecule has 3 aromatic rings. The van der Waals surface area contributed by atoms with E-state index in [1.165, 1.54) is 0 Å². The first-order chi connectivity index (χ1) is 12.6. The summed E-state index contributed by atoms with van der Waals surface area (Å²) in [6, 6.07) is 13.2. The maximum Gasteiger partial charge on any atom is 0.239 e. The number of rotatable bonds is 7. The molecular weight excluding hydrogens is 324 g/mol. The van der Waals surface area contributed by atoms with Gasteiger partial charge in [-0.2, -0.15) is 0 Å². The topological polar surface area (TPSA) is 80.9 Å². The molecule has 5 nitrogen and oxygen atoms in total. The number of nitrogens with two attached hydrogens (primary N) is 1. The lowest BCUT2D eigenvalue weighted by Gasteiger charge is -2.19. The highest BCUT2D eigenvalue weighted by Crippen LogP contribution is 2.19. The minimum atomic E-state index is -0.532. The zero-order valence-electron chi connectivity index (χ0n) is 14.7. The van der Waals surface area contributed by atoms with Crippen LogP contribution in [-0.4, -0.2) is 15.9 Å². The van der Waals surface area contributed by atoms with Crippen LogP contribution in [0.25, 0.3) is 0 Å². The number of nitrogens with zero attached hydrogens (tertiary/aromatic N) is 2. The summed E-state index contributed by atoms with van der Waals surface area (Å²) in [5, 5.41) is 3.30. The Kier molecular flexibility index (Phi) is 5.71. The van der Waals surface area contributed by atoms with E-state index < -0.39 is 6.04 Å². The first-order valence-corrected chi connectivity index (χ1v) is 8.54. The molecule has 1 unspecified atom stereocenters. The lowest BCUT2D eigenvalue weighted by Crippen LogP contribution is -2.34. The molecule has 3 rings (SSSR count). The van der Waals surface area contributed by atoms with Crippen LogP contribution < -0.4 is 11.1 Å². The first-order valence-electron chi connectivity index (χ1n) is 8.54. The fourth-order valence-corrected chi connectivity index (χ4v) is 3.00. The van der Waals surface area contributed by atoms with Crippen LogP contribution in [-0.2, 0) is 17.8 Å². The van der Waals surface area contributed by atoms with Gasteiger partial charge in [0.15, 0.2) is 0 Å². The average Bonchev–Trinajstić information content (AvgIpc) is 2.65. The summed E-state index contributed by atoms with van der Waals surface area (Å²) in [4.78, 5) is 20.4. The van der Waals surface area contributed by atoms with Crippen LogP contribution in [0.3, 0.4) is 0 Å². The largest absolute Gasteiger partial charge is 0.368 e. The molecule has 0 aliphatic carbocycles. The zero-order chi connectivity index (χ0) is 18.4. The molecule has 0 aliphatic rings. The molecule has 3 N–H and O–H groups in total. The highest BCUT2D eigenvalue weighted by molar-refractivity contribution is 5.81. The molecule has 5 heteroatoms. The van der Waals surface area contributed by atoms with E-state index in [2.05, 4.69) is 15.3 Å². The number of aromatic nitrogens is 2. The van der Waals surface area contributed by atoms with Gasteiger partial charge >= 0.3 is 0 Å². The van der Waals surface area contributed by atoms with Gasteiger partial charge in [0, 0.05) is 37.8 Å². The molecule has 0 saturated heterocycles. The van der Waals surface area contributed by atoms with E-state index in [-0.39, 0.29) is 5.91 Å². The minimum absolute atomic E-state index is 0.387. The molecular formula is C21H22N4O. The summed E-state index contributed by atoms with van der Waals surface area (Å²) in [7, 11) is 0. The van der Waals surface area contributed by atoms with Gasteiger partial charge < -0.3 is 5.73 Å². The van der Waals surface area contributed by atoms with Crippen LogP contribution in [0.15, 0.2) is 67.3 Å². The number of hydrogen-bond acceptors (Lipinski definition) is 4. The summed E-state index contributed by atoms with van der Waals surface area (Å²) in [5.41, 5.74) is 10.9. The highest BCUT2D eigenvalue weighted by atomic mass is 16.1. The molecule has 26 heavy (non-hydrogen) atoms. The van der Waals surface area contributed by atoms with Gasteiger partial charge in [-0.15, -0.1) is 0 Å². The molecule has 2 aromatic heterocycles. The number of nitrogens with one attached hydrogen (secondary N) is 1. The third-order valence-electron chi connectivity index (χ3n) is 4.40. The van der Waals surface area contributed by atoms with Crippen LogP contribution in [0, 0.1) is 6.92 Å². The Morgan fingerprint density at radius 1 is 1.04 bits per heavy atom. The van der Waals surface area contributed by atoms with E-state index in [4.69, 9.17) is 5.73 Å². The number of hydrogen-bond donors (Lipinski definition) is 2. The first kappa shape index (κ1) is 17.8. The van der Waals surface area contributed by atoms with Crippen LogP contribution >= 0.6 is 0 Å². The Labute approximate surface area is 153 Å². The summed E-state index contributed by atoms with van der Waals surface area (Å²) in [5.74, 6) is -0.387. The monoisotopic (exact) mass is 346 g/mol. The summed E-state index contributed by atoms with van der Waals surface area (Å²) in [6.07, 6.45) is 7.97. The number of primary amides is 1. The van der Waals surface area contributed by atoms with Crippen LogP contribution in [0.1, 0.15) is 33.9 Å². The van der Waals surface area contributed by atoms with Crippen molar-refractivity contribution in [1.29, 1.82) is 0 Å². The van der Waals surface area contributed by atoms with Crippen LogP contribution in [0.5, 0.6) is 0 Å². The van der Waals surface area contributed by atoms with Crippen molar-refractivity contribution in [3.8, 4) is 0 Å². The van der Waals surface area contributed by atoms with E-state index >= 15 is 0 Å². The number of pyridine rings is 2.